The van der Waals surface area contributed by atoms with Gasteiger partial charge in [-0.3, -0.25) is 0 Å². The Morgan fingerprint density at radius 1 is 1.35 bits per heavy atom. The van der Waals surface area contributed by atoms with Crippen LogP contribution in [0.1, 0.15) is 18.5 Å². The van der Waals surface area contributed by atoms with Gasteiger partial charge in [0, 0.05) is 11.6 Å². The Labute approximate surface area is 122 Å². The molecule has 0 aliphatic carbocycles. The van der Waals surface area contributed by atoms with Gasteiger partial charge in [0.05, 0.1) is 18.8 Å². The second kappa shape index (κ2) is 6.24. The van der Waals surface area contributed by atoms with Crippen molar-refractivity contribution in [3.8, 4) is 5.75 Å². The van der Waals surface area contributed by atoms with E-state index in [1.165, 1.54) is 0 Å². The second-order valence-electron chi connectivity index (χ2n) is 4.81. The van der Waals surface area contributed by atoms with Gasteiger partial charge in [0.15, 0.2) is 0 Å². The summed E-state index contributed by atoms with van der Waals surface area (Å²) >= 11 is 5.82. The van der Waals surface area contributed by atoms with E-state index < -0.39 is 0 Å². The molecule has 0 N–H and O–H groups in total. The molecule has 1 unspecified atom stereocenters. The first kappa shape index (κ1) is 13.4. The van der Waals surface area contributed by atoms with Crippen LogP contribution >= 0.6 is 11.6 Å². The number of nitrogens with zero attached hydrogens (tertiary/aromatic N) is 3. The van der Waals surface area contributed by atoms with Crippen LogP contribution in [0, 0.1) is 0 Å². The highest BCUT2D eigenvalue weighted by Crippen LogP contribution is 2.17. The minimum absolute atomic E-state index is 0.265. The molecule has 0 spiro atoms. The molecule has 3 rings (SSSR count). The Morgan fingerprint density at radius 3 is 2.95 bits per heavy atom. The van der Waals surface area contributed by atoms with E-state index in [1.54, 1.807) is 12.1 Å². The van der Waals surface area contributed by atoms with E-state index in [0.717, 1.165) is 37.4 Å². The maximum Gasteiger partial charge on any atom is 0.134 e. The molecule has 20 heavy (non-hydrogen) atoms. The number of benzene rings is 1. The maximum atomic E-state index is 5.82. The topological polar surface area (TPSA) is 49.2 Å². The van der Waals surface area contributed by atoms with E-state index in [9.17, 15) is 0 Å². The molecule has 1 aromatic heterocycles. The van der Waals surface area contributed by atoms with Crippen molar-refractivity contribution < 1.29 is 9.47 Å². The van der Waals surface area contributed by atoms with Crippen LogP contribution in [0.25, 0.3) is 0 Å². The summed E-state index contributed by atoms with van der Waals surface area (Å²) in [6, 6.07) is 7.26. The predicted octanol–water partition coefficient (Wildman–Crippen LogP) is 2.69. The predicted molar refractivity (Wildman–Crippen MR) is 74.8 cm³/mol. The molecule has 1 saturated heterocycles. The summed E-state index contributed by atoms with van der Waals surface area (Å²) in [6.07, 6.45) is 4.39. The van der Waals surface area contributed by atoms with Gasteiger partial charge in [-0.25, -0.2) is 4.68 Å². The van der Waals surface area contributed by atoms with Crippen LogP contribution in [0.2, 0.25) is 5.02 Å². The molecule has 0 radical (unpaired) electrons. The number of rotatable bonds is 5. The zero-order valence-corrected chi connectivity index (χ0v) is 11.8. The third-order valence-corrected chi connectivity index (χ3v) is 3.45. The number of hydrogen-bond donors (Lipinski definition) is 0. The van der Waals surface area contributed by atoms with Gasteiger partial charge < -0.3 is 9.47 Å². The fraction of sp³-hybridized carbons (Fsp3) is 0.429. The molecular weight excluding hydrogens is 278 g/mol. The standard InChI is InChI=1S/C14H16ClN3O2/c15-11-3-5-13(6-4-11)20-10-12-8-18(17-16-12)9-14-2-1-7-19-14/h3-6,8,14H,1-2,7,9-10H2. The summed E-state index contributed by atoms with van der Waals surface area (Å²) in [4.78, 5) is 0. The smallest absolute Gasteiger partial charge is 0.134 e. The van der Waals surface area contributed by atoms with E-state index >= 15 is 0 Å². The van der Waals surface area contributed by atoms with Crippen molar-refractivity contribution in [3.63, 3.8) is 0 Å². The number of aromatic nitrogens is 3. The SMILES string of the molecule is Clc1ccc(OCc2cn(CC3CCCO3)nn2)cc1. The molecule has 2 aromatic rings. The highest BCUT2D eigenvalue weighted by Gasteiger charge is 2.16. The van der Waals surface area contributed by atoms with Crippen LogP contribution in [-0.2, 0) is 17.9 Å². The first-order chi connectivity index (χ1) is 9.79. The van der Waals surface area contributed by atoms with Crippen LogP contribution in [0.3, 0.4) is 0 Å². The largest absolute Gasteiger partial charge is 0.487 e. The van der Waals surface area contributed by atoms with E-state index in [0.29, 0.717) is 11.6 Å². The Balaban J connectivity index is 1.52. The highest BCUT2D eigenvalue weighted by molar-refractivity contribution is 6.30. The van der Waals surface area contributed by atoms with Crippen molar-refractivity contribution in [2.45, 2.75) is 32.1 Å². The Morgan fingerprint density at radius 2 is 2.20 bits per heavy atom. The van der Waals surface area contributed by atoms with Gasteiger partial charge in [0.2, 0.25) is 0 Å². The first-order valence-corrected chi connectivity index (χ1v) is 7.06. The molecule has 106 valence electrons. The minimum Gasteiger partial charge on any atom is -0.487 e. The lowest BCUT2D eigenvalue weighted by Gasteiger charge is -2.07. The number of halogens is 1. The lowest BCUT2D eigenvalue weighted by atomic mass is 10.2. The summed E-state index contributed by atoms with van der Waals surface area (Å²) in [6.45, 7) is 2.01. The third-order valence-electron chi connectivity index (χ3n) is 3.20. The van der Waals surface area contributed by atoms with Gasteiger partial charge in [-0.2, -0.15) is 0 Å². The van der Waals surface area contributed by atoms with Gasteiger partial charge in [-0.15, -0.1) is 5.10 Å². The Bertz CT molecular complexity index is 550. The van der Waals surface area contributed by atoms with Gasteiger partial charge in [-0.05, 0) is 37.1 Å². The van der Waals surface area contributed by atoms with Crippen molar-refractivity contribution in [3.05, 3.63) is 41.2 Å². The molecule has 1 aromatic carbocycles. The zero-order valence-electron chi connectivity index (χ0n) is 11.0. The highest BCUT2D eigenvalue weighted by atomic mass is 35.5. The van der Waals surface area contributed by atoms with E-state index in [-0.39, 0.29) is 6.10 Å². The molecule has 0 saturated carbocycles. The van der Waals surface area contributed by atoms with E-state index in [4.69, 9.17) is 21.1 Å². The average molecular weight is 294 g/mol. The molecule has 0 amide bonds. The first-order valence-electron chi connectivity index (χ1n) is 6.68. The van der Waals surface area contributed by atoms with Crippen molar-refractivity contribution in [1.82, 2.24) is 15.0 Å². The van der Waals surface area contributed by atoms with Crippen molar-refractivity contribution >= 4 is 11.6 Å². The lowest BCUT2D eigenvalue weighted by Crippen LogP contribution is -2.15. The second-order valence-corrected chi connectivity index (χ2v) is 5.25. The summed E-state index contributed by atoms with van der Waals surface area (Å²) in [5, 5.41) is 8.88. The van der Waals surface area contributed by atoms with Crippen LogP contribution in [-0.4, -0.2) is 27.7 Å². The quantitative estimate of drug-likeness (QED) is 0.850. The normalized spacial score (nSPS) is 18.4. The Hall–Kier alpha value is -1.59. The summed E-state index contributed by atoms with van der Waals surface area (Å²) < 4.78 is 13.0. The van der Waals surface area contributed by atoms with Crippen molar-refractivity contribution in [2.24, 2.45) is 0 Å². The maximum absolute atomic E-state index is 5.82. The molecule has 5 nitrogen and oxygen atoms in total. The molecule has 1 aliphatic rings. The van der Waals surface area contributed by atoms with Crippen LogP contribution in [0.5, 0.6) is 5.75 Å². The monoisotopic (exact) mass is 293 g/mol. The minimum atomic E-state index is 0.265. The van der Waals surface area contributed by atoms with Gasteiger partial charge in [0.25, 0.3) is 0 Å². The summed E-state index contributed by atoms with van der Waals surface area (Å²) in [5.41, 5.74) is 0.804. The van der Waals surface area contributed by atoms with Gasteiger partial charge in [-0.1, -0.05) is 16.8 Å². The molecular formula is C14H16ClN3O2. The van der Waals surface area contributed by atoms with Crippen LogP contribution in [0.15, 0.2) is 30.5 Å². The van der Waals surface area contributed by atoms with Crippen molar-refractivity contribution in [1.29, 1.82) is 0 Å². The molecule has 1 atom stereocenters. The number of ether oxygens (including phenoxy) is 2. The van der Waals surface area contributed by atoms with Crippen LogP contribution < -0.4 is 4.74 Å². The van der Waals surface area contributed by atoms with Crippen molar-refractivity contribution in [2.75, 3.05) is 6.61 Å². The Kier molecular flexibility index (Phi) is 4.18. The summed E-state index contributed by atoms with van der Waals surface area (Å²) in [5.74, 6) is 0.767. The van der Waals surface area contributed by atoms with E-state index in [1.807, 2.05) is 23.0 Å². The zero-order chi connectivity index (χ0) is 13.8. The van der Waals surface area contributed by atoms with E-state index in [2.05, 4.69) is 10.3 Å². The van der Waals surface area contributed by atoms with Crippen LogP contribution in [0.4, 0.5) is 0 Å². The molecule has 6 heteroatoms. The molecule has 0 bridgehead atoms. The molecule has 1 fully saturated rings. The average Bonchev–Trinajstić information content (AvgIpc) is 3.11. The van der Waals surface area contributed by atoms with Gasteiger partial charge in [0.1, 0.15) is 18.1 Å². The van der Waals surface area contributed by atoms with Gasteiger partial charge >= 0.3 is 0 Å². The number of hydrogen-bond acceptors (Lipinski definition) is 4. The third kappa shape index (κ3) is 3.49. The fourth-order valence-electron chi connectivity index (χ4n) is 2.18. The lowest BCUT2D eigenvalue weighted by molar-refractivity contribution is 0.0935. The molecule has 2 heterocycles. The fourth-order valence-corrected chi connectivity index (χ4v) is 2.30. The summed E-state index contributed by atoms with van der Waals surface area (Å²) in [7, 11) is 0. The molecule has 1 aliphatic heterocycles.